The molecule has 14 heavy (non-hydrogen) atoms. The highest BCUT2D eigenvalue weighted by Gasteiger charge is 2.33. The van der Waals surface area contributed by atoms with Gasteiger partial charge in [0.25, 0.3) is 0 Å². The Balaban J connectivity index is 2.45. The second-order valence-corrected chi connectivity index (χ2v) is 5.57. The first-order chi connectivity index (χ1) is 6.50. The smallest absolute Gasteiger partial charge is 0.0210 e. The lowest BCUT2D eigenvalue weighted by molar-refractivity contribution is 0.409. The molecule has 0 saturated heterocycles. The fraction of sp³-hybridized carbons (Fsp3) is 0.500. The van der Waals surface area contributed by atoms with Gasteiger partial charge in [-0.2, -0.15) is 0 Å². The first-order valence-electron chi connectivity index (χ1n) is 5.06. The number of hydrogen-bond donors (Lipinski definition) is 1. The number of hydrogen-bond acceptors (Lipinski definition) is 1. The van der Waals surface area contributed by atoms with Gasteiger partial charge in [0.2, 0.25) is 0 Å². The molecule has 0 saturated carbocycles. The van der Waals surface area contributed by atoms with E-state index >= 15 is 0 Å². The lowest BCUT2D eigenvalue weighted by atomic mass is 9.84. The molecule has 0 aliphatic heterocycles. The van der Waals surface area contributed by atoms with Crippen LogP contribution in [-0.2, 0) is 6.42 Å². The van der Waals surface area contributed by atoms with Crippen molar-refractivity contribution in [1.29, 1.82) is 0 Å². The number of halogens is 1. The maximum atomic E-state index is 6.19. The van der Waals surface area contributed by atoms with Gasteiger partial charge in [0.05, 0.1) is 0 Å². The van der Waals surface area contributed by atoms with E-state index in [1.807, 2.05) is 0 Å². The summed E-state index contributed by atoms with van der Waals surface area (Å²) in [6, 6.07) is 6.43. The Kier molecular flexibility index (Phi) is 2.44. The lowest BCUT2D eigenvalue weighted by Crippen LogP contribution is -2.38. The first kappa shape index (κ1) is 10.2. The Hall–Kier alpha value is -0.340. The molecular weight excluding hydrogens is 238 g/mol. The van der Waals surface area contributed by atoms with E-state index in [4.69, 9.17) is 5.73 Å². The fourth-order valence-corrected chi connectivity index (χ4v) is 2.96. The maximum Gasteiger partial charge on any atom is 0.0210 e. The van der Waals surface area contributed by atoms with Crippen molar-refractivity contribution in [1.82, 2.24) is 0 Å². The minimum Gasteiger partial charge on any atom is -0.325 e. The number of rotatable bonds is 1. The third-order valence-corrected chi connectivity index (χ3v) is 3.85. The maximum absolute atomic E-state index is 6.19. The van der Waals surface area contributed by atoms with E-state index in [0.717, 1.165) is 6.42 Å². The summed E-state index contributed by atoms with van der Waals surface area (Å²) in [4.78, 5) is 0. The van der Waals surface area contributed by atoms with Crippen LogP contribution in [-0.4, -0.2) is 5.54 Å². The molecule has 1 aromatic carbocycles. The van der Waals surface area contributed by atoms with Gasteiger partial charge in [0, 0.05) is 15.9 Å². The minimum atomic E-state index is -0.105. The monoisotopic (exact) mass is 253 g/mol. The zero-order valence-corrected chi connectivity index (χ0v) is 10.3. The predicted molar refractivity (Wildman–Crippen MR) is 63.5 cm³/mol. The molecule has 76 valence electrons. The molecule has 1 atom stereocenters. The molecule has 2 heteroatoms. The van der Waals surface area contributed by atoms with Gasteiger partial charge in [0.1, 0.15) is 0 Å². The van der Waals surface area contributed by atoms with Crippen LogP contribution in [0.15, 0.2) is 22.7 Å². The van der Waals surface area contributed by atoms with Crippen molar-refractivity contribution >= 4 is 15.9 Å². The quantitative estimate of drug-likeness (QED) is 0.818. The summed E-state index contributed by atoms with van der Waals surface area (Å²) < 4.78 is 1.24. The Labute approximate surface area is 93.8 Å². The number of nitrogens with two attached hydrogens (primary N) is 1. The second-order valence-electron chi connectivity index (χ2n) is 4.72. The van der Waals surface area contributed by atoms with E-state index in [-0.39, 0.29) is 5.54 Å². The Morgan fingerprint density at radius 3 is 2.79 bits per heavy atom. The van der Waals surface area contributed by atoms with Crippen LogP contribution in [0.2, 0.25) is 0 Å². The largest absolute Gasteiger partial charge is 0.325 e. The fourth-order valence-electron chi connectivity index (χ4n) is 2.38. The molecule has 0 radical (unpaired) electrons. The second kappa shape index (κ2) is 3.35. The van der Waals surface area contributed by atoms with E-state index in [9.17, 15) is 0 Å². The first-order valence-corrected chi connectivity index (χ1v) is 5.85. The Bertz CT molecular complexity index is 352. The summed E-state index contributed by atoms with van der Waals surface area (Å²) in [7, 11) is 0. The van der Waals surface area contributed by atoms with Crippen LogP contribution < -0.4 is 5.73 Å². The van der Waals surface area contributed by atoms with Gasteiger partial charge in [-0.05, 0) is 43.9 Å². The van der Waals surface area contributed by atoms with Crippen molar-refractivity contribution < 1.29 is 0 Å². The molecular formula is C12H16BrN. The zero-order chi connectivity index (χ0) is 10.3. The van der Waals surface area contributed by atoms with Crippen molar-refractivity contribution in [3.8, 4) is 0 Å². The molecule has 0 amide bonds. The summed E-state index contributed by atoms with van der Waals surface area (Å²) in [6.45, 7) is 4.24. The molecule has 1 nitrogen and oxygen atoms in total. The third-order valence-electron chi connectivity index (χ3n) is 3.11. The molecule has 0 spiro atoms. The molecule has 0 aromatic heterocycles. The summed E-state index contributed by atoms with van der Waals surface area (Å²) in [5, 5.41) is 0. The normalized spacial score (nSPS) is 21.0. The SMILES string of the molecule is CC(C)(N)C1CCc2c(Br)cccc21. The van der Waals surface area contributed by atoms with Crippen LogP contribution in [0.3, 0.4) is 0 Å². The van der Waals surface area contributed by atoms with Crippen LogP contribution in [0.1, 0.15) is 37.3 Å². The molecule has 0 fully saturated rings. The molecule has 1 aliphatic carbocycles. The predicted octanol–water partition coefficient (Wildman–Crippen LogP) is 3.22. The van der Waals surface area contributed by atoms with Gasteiger partial charge >= 0.3 is 0 Å². The molecule has 0 bridgehead atoms. The van der Waals surface area contributed by atoms with Gasteiger partial charge in [-0.1, -0.05) is 28.1 Å². The summed E-state index contributed by atoms with van der Waals surface area (Å²) in [5.41, 5.74) is 8.98. The summed E-state index contributed by atoms with van der Waals surface area (Å²) in [6.07, 6.45) is 2.34. The van der Waals surface area contributed by atoms with Crippen molar-refractivity contribution in [3.63, 3.8) is 0 Å². The van der Waals surface area contributed by atoms with Crippen molar-refractivity contribution in [2.75, 3.05) is 0 Å². The highest BCUT2D eigenvalue weighted by Crippen LogP contribution is 2.41. The van der Waals surface area contributed by atoms with E-state index in [0.29, 0.717) is 5.92 Å². The van der Waals surface area contributed by atoms with Gasteiger partial charge in [-0.25, -0.2) is 0 Å². The summed E-state index contributed by atoms with van der Waals surface area (Å²) in [5.74, 6) is 0.509. The van der Waals surface area contributed by atoms with Crippen molar-refractivity contribution in [3.05, 3.63) is 33.8 Å². The molecule has 2 rings (SSSR count). The van der Waals surface area contributed by atoms with Gasteiger partial charge in [-0.15, -0.1) is 0 Å². The van der Waals surface area contributed by atoms with Gasteiger partial charge in [0.15, 0.2) is 0 Å². The lowest BCUT2D eigenvalue weighted by Gasteiger charge is -2.27. The highest BCUT2D eigenvalue weighted by atomic mass is 79.9. The van der Waals surface area contributed by atoms with E-state index in [1.165, 1.54) is 22.0 Å². The third kappa shape index (κ3) is 1.61. The van der Waals surface area contributed by atoms with Crippen molar-refractivity contribution in [2.24, 2.45) is 5.73 Å². The van der Waals surface area contributed by atoms with E-state index < -0.39 is 0 Å². The Morgan fingerprint density at radius 2 is 2.14 bits per heavy atom. The summed E-state index contributed by atoms with van der Waals surface area (Å²) >= 11 is 3.60. The molecule has 1 aromatic rings. The van der Waals surface area contributed by atoms with Crippen LogP contribution in [0, 0.1) is 0 Å². The van der Waals surface area contributed by atoms with Gasteiger partial charge in [-0.3, -0.25) is 0 Å². The topological polar surface area (TPSA) is 26.0 Å². The molecule has 2 N–H and O–H groups in total. The van der Waals surface area contributed by atoms with E-state index in [1.54, 1.807) is 0 Å². The minimum absolute atomic E-state index is 0.105. The average molecular weight is 254 g/mol. The van der Waals surface area contributed by atoms with Crippen LogP contribution in [0.25, 0.3) is 0 Å². The average Bonchev–Trinajstić information content (AvgIpc) is 2.47. The van der Waals surface area contributed by atoms with Crippen LogP contribution in [0.5, 0.6) is 0 Å². The standard InChI is InChI=1S/C12H16BrN/c1-12(2,14)10-7-6-9-8(10)4-3-5-11(9)13/h3-5,10H,6-7,14H2,1-2H3. The molecule has 0 heterocycles. The molecule has 1 unspecified atom stereocenters. The van der Waals surface area contributed by atoms with Crippen LogP contribution in [0.4, 0.5) is 0 Å². The van der Waals surface area contributed by atoms with E-state index in [2.05, 4.69) is 48.0 Å². The molecule has 1 aliphatic rings. The Morgan fingerprint density at radius 1 is 1.43 bits per heavy atom. The van der Waals surface area contributed by atoms with Crippen LogP contribution >= 0.6 is 15.9 Å². The van der Waals surface area contributed by atoms with Gasteiger partial charge < -0.3 is 5.73 Å². The zero-order valence-electron chi connectivity index (χ0n) is 8.68. The number of benzene rings is 1. The highest BCUT2D eigenvalue weighted by molar-refractivity contribution is 9.10. The van der Waals surface area contributed by atoms with Crippen molar-refractivity contribution in [2.45, 2.75) is 38.1 Å². The number of fused-ring (bicyclic) bond motifs is 1.